The van der Waals surface area contributed by atoms with Crippen molar-refractivity contribution >= 4 is 25.9 Å². The van der Waals surface area contributed by atoms with E-state index in [1.807, 2.05) is 60.7 Å². The van der Waals surface area contributed by atoms with Crippen molar-refractivity contribution in [1.82, 2.24) is 0 Å². The van der Waals surface area contributed by atoms with E-state index in [4.69, 9.17) is 9.16 Å². The van der Waals surface area contributed by atoms with E-state index in [0.717, 1.165) is 34.8 Å². The summed E-state index contributed by atoms with van der Waals surface area (Å²) in [4.78, 5) is 14.7. The maximum absolute atomic E-state index is 12.8. The zero-order chi connectivity index (χ0) is 20.7. The Morgan fingerprint density at radius 3 is 2.28 bits per heavy atom. The number of allylic oxidation sites excluding steroid dienone is 1. The molecular weight excluding hydrogens is 396 g/mol. The van der Waals surface area contributed by atoms with Crippen LogP contribution in [-0.4, -0.2) is 26.3 Å². The summed E-state index contributed by atoms with van der Waals surface area (Å²) in [5.74, 6) is 1.09. The van der Waals surface area contributed by atoms with Gasteiger partial charge in [-0.3, -0.25) is 4.79 Å². The lowest BCUT2D eigenvalue weighted by Gasteiger charge is -2.34. The van der Waals surface area contributed by atoms with Gasteiger partial charge in [0.15, 0.2) is 14.1 Å². The lowest BCUT2D eigenvalue weighted by molar-refractivity contribution is -0.116. The summed E-state index contributed by atoms with van der Waals surface area (Å²) in [7, 11) is -1.80. The molecule has 154 valence electrons. The third-order valence-corrected chi connectivity index (χ3v) is 6.71. The van der Waals surface area contributed by atoms with E-state index in [9.17, 15) is 4.79 Å². The normalized spacial score (nSPS) is 19.3. The monoisotopic (exact) mass is 426 g/mol. The summed E-state index contributed by atoms with van der Waals surface area (Å²) in [6.45, 7) is 7.24. The highest BCUT2D eigenvalue weighted by molar-refractivity contribution is 8.04. The van der Waals surface area contributed by atoms with E-state index in [1.54, 1.807) is 11.8 Å². The number of carbonyl (C=O) groups is 1. The average molecular weight is 427 g/mol. The Hall–Kier alpha value is -1.82. The second-order valence-corrected chi connectivity index (χ2v) is 14.0. The number of thioether (sulfide) groups is 1. The van der Waals surface area contributed by atoms with E-state index < -0.39 is 13.9 Å². The van der Waals surface area contributed by atoms with Gasteiger partial charge < -0.3 is 9.16 Å². The first-order chi connectivity index (χ1) is 13.9. The van der Waals surface area contributed by atoms with Crippen LogP contribution in [0.3, 0.4) is 0 Å². The Balaban J connectivity index is 1.62. The first-order valence-electron chi connectivity index (χ1n) is 10.2. The van der Waals surface area contributed by atoms with Crippen LogP contribution in [0.15, 0.2) is 76.5 Å². The smallest absolute Gasteiger partial charge is 0.184 e. The van der Waals surface area contributed by atoms with Crippen molar-refractivity contribution in [1.29, 1.82) is 0 Å². The highest BCUT2D eigenvalue weighted by Gasteiger charge is 2.41. The van der Waals surface area contributed by atoms with Crippen LogP contribution in [0.2, 0.25) is 19.6 Å². The summed E-state index contributed by atoms with van der Waals surface area (Å²) in [5, 5.41) is 0. The van der Waals surface area contributed by atoms with E-state index in [0.29, 0.717) is 13.0 Å². The van der Waals surface area contributed by atoms with Crippen LogP contribution in [0.5, 0.6) is 5.75 Å². The Kier molecular flexibility index (Phi) is 7.38. The van der Waals surface area contributed by atoms with Crippen molar-refractivity contribution in [3.8, 4) is 5.75 Å². The molecule has 1 aliphatic carbocycles. The molecule has 3 rings (SSSR count). The van der Waals surface area contributed by atoms with Crippen molar-refractivity contribution in [2.75, 3.05) is 6.61 Å². The second-order valence-electron chi connectivity index (χ2n) is 8.42. The summed E-state index contributed by atoms with van der Waals surface area (Å²) < 4.78 is 12.4. The standard InChI is InChI=1S/C24H30O3SSi/c1-29(2,3)27-24(16-10-11-17-26-20-12-6-4-7-13-20)18-22(25)23(19-24)28-21-14-8-5-9-15-21/h4-9,12-15,19H,10-11,16-18H2,1-3H3. The van der Waals surface area contributed by atoms with Gasteiger partial charge in [0, 0.05) is 11.3 Å². The number of para-hydroxylation sites is 1. The van der Waals surface area contributed by atoms with Gasteiger partial charge in [-0.05, 0) is 69.2 Å². The first-order valence-corrected chi connectivity index (χ1v) is 14.4. The Bertz CT molecular complexity index is 830. The molecule has 2 aromatic rings. The highest BCUT2D eigenvalue weighted by Crippen LogP contribution is 2.42. The third-order valence-electron chi connectivity index (χ3n) is 4.62. The minimum atomic E-state index is -1.80. The number of ketones is 1. The molecule has 0 amide bonds. The predicted molar refractivity (Wildman–Crippen MR) is 123 cm³/mol. The van der Waals surface area contributed by atoms with Gasteiger partial charge in [-0.15, -0.1) is 0 Å². The Morgan fingerprint density at radius 1 is 0.966 bits per heavy atom. The van der Waals surface area contributed by atoms with Crippen molar-refractivity contribution in [3.63, 3.8) is 0 Å². The van der Waals surface area contributed by atoms with Crippen LogP contribution in [0, 0.1) is 0 Å². The van der Waals surface area contributed by atoms with Gasteiger partial charge in [-0.1, -0.05) is 48.2 Å². The molecule has 1 aliphatic rings. The summed E-state index contributed by atoms with van der Waals surface area (Å²) in [5.41, 5.74) is -0.467. The molecule has 29 heavy (non-hydrogen) atoms. The Morgan fingerprint density at radius 2 is 1.62 bits per heavy atom. The molecule has 0 N–H and O–H groups in total. The molecule has 5 heteroatoms. The molecular formula is C24H30O3SSi. The molecule has 0 saturated heterocycles. The largest absolute Gasteiger partial charge is 0.494 e. The zero-order valence-corrected chi connectivity index (χ0v) is 19.3. The fourth-order valence-corrected chi connectivity index (χ4v) is 6.01. The van der Waals surface area contributed by atoms with Crippen LogP contribution >= 0.6 is 11.8 Å². The molecule has 0 spiro atoms. The number of hydrogen-bond acceptors (Lipinski definition) is 4. The third kappa shape index (κ3) is 6.87. The van der Waals surface area contributed by atoms with Gasteiger partial charge in [-0.25, -0.2) is 0 Å². The molecule has 0 saturated carbocycles. The van der Waals surface area contributed by atoms with Gasteiger partial charge in [0.05, 0.1) is 17.1 Å². The lowest BCUT2D eigenvalue weighted by atomic mass is 9.96. The molecule has 1 unspecified atom stereocenters. The fraction of sp³-hybridized carbons (Fsp3) is 0.375. The summed E-state index contributed by atoms with van der Waals surface area (Å²) >= 11 is 1.55. The van der Waals surface area contributed by atoms with Crippen molar-refractivity contribution in [2.45, 2.75) is 55.8 Å². The van der Waals surface area contributed by atoms with Gasteiger partial charge in [0.2, 0.25) is 0 Å². The van der Waals surface area contributed by atoms with Gasteiger partial charge in [0.1, 0.15) is 5.75 Å². The van der Waals surface area contributed by atoms with E-state index in [-0.39, 0.29) is 5.78 Å². The molecule has 3 nitrogen and oxygen atoms in total. The minimum Gasteiger partial charge on any atom is -0.494 e. The molecule has 0 fully saturated rings. The van der Waals surface area contributed by atoms with E-state index >= 15 is 0 Å². The minimum absolute atomic E-state index is 0.192. The van der Waals surface area contributed by atoms with Gasteiger partial charge >= 0.3 is 0 Å². The SMILES string of the molecule is C[Si](C)(C)OC1(CCCCOc2ccccc2)C=C(Sc2ccccc2)C(=O)C1. The number of rotatable bonds is 10. The maximum Gasteiger partial charge on any atom is 0.184 e. The van der Waals surface area contributed by atoms with Gasteiger partial charge in [0.25, 0.3) is 0 Å². The maximum atomic E-state index is 12.8. The molecule has 0 aliphatic heterocycles. The first kappa shape index (κ1) is 21.9. The van der Waals surface area contributed by atoms with Crippen molar-refractivity contribution in [3.05, 3.63) is 71.6 Å². The molecule has 0 aromatic heterocycles. The fourth-order valence-electron chi connectivity index (χ4n) is 3.55. The summed E-state index contributed by atoms with van der Waals surface area (Å²) in [6.07, 6.45) is 5.30. The van der Waals surface area contributed by atoms with Crippen LogP contribution in [0.25, 0.3) is 0 Å². The molecule has 1 atom stereocenters. The number of benzene rings is 2. The van der Waals surface area contributed by atoms with Crippen LogP contribution in [0.1, 0.15) is 25.7 Å². The number of Topliss-reactive ketones (excluding diaryl/α,β-unsaturated/α-hetero) is 1. The van der Waals surface area contributed by atoms with Crippen molar-refractivity contribution < 1.29 is 14.0 Å². The Labute approximate surface area is 179 Å². The number of ether oxygens (including phenoxy) is 1. The van der Waals surface area contributed by atoms with Gasteiger partial charge in [-0.2, -0.15) is 0 Å². The van der Waals surface area contributed by atoms with Crippen LogP contribution in [-0.2, 0) is 9.22 Å². The van der Waals surface area contributed by atoms with E-state index in [1.165, 1.54) is 0 Å². The van der Waals surface area contributed by atoms with E-state index in [2.05, 4.69) is 25.7 Å². The molecule has 0 heterocycles. The topological polar surface area (TPSA) is 35.5 Å². The average Bonchev–Trinajstić information content (AvgIpc) is 2.96. The number of carbonyl (C=O) groups excluding carboxylic acids is 1. The molecule has 0 bridgehead atoms. The van der Waals surface area contributed by atoms with Crippen LogP contribution in [0.4, 0.5) is 0 Å². The number of hydrogen-bond donors (Lipinski definition) is 0. The number of unbranched alkanes of at least 4 members (excludes halogenated alkanes) is 1. The molecule has 2 aromatic carbocycles. The summed E-state index contributed by atoms with van der Waals surface area (Å²) in [6, 6.07) is 20.0. The predicted octanol–water partition coefficient (Wildman–Crippen LogP) is 6.48. The van der Waals surface area contributed by atoms with Crippen molar-refractivity contribution in [2.24, 2.45) is 0 Å². The lowest BCUT2D eigenvalue weighted by Crippen LogP contribution is -2.40. The highest BCUT2D eigenvalue weighted by atomic mass is 32.2. The van der Waals surface area contributed by atoms with Crippen LogP contribution < -0.4 is 4.74 Å². The second kappa shape index (κ2) is 9.79. The molecule has 0 radical (unpaired) electrons. The zero-order valence-electron chi connectivity index (χ0n) is 17.5. The quantitative estimate of drug-likeness (QED) is 0.322.